The third kappa shape index (κ3) is 5.63. The van der Waals surface area contributed by atoms with E-state index in [2.05, 4.69) is 29.2 Å². The summed E-state index contributed by atoms with van der Waals surface area (Å²) in [7, 11) is 0. The minimum Gasteiger partial charge on any atom is -0.462 e. The van der Waals surface area contributed by atoms with Crippen molar-refractivity contribution in [2.75, 3.05) is 18.5 Å². The number of aromatic nitrogens is 3. The van der Waals surface area contributed by atoms with Gasteiger partial charge in [-0.05, 0) is 37.5 Å². The van der Waals surface area contributed by atoms with E-state index in [4.69, 9.17) is 9.47 Å². The first-order valence-corrected chi connectivity index (χ1v) is 11.1. The van der Waals surface area contributed by atoms with Crippen molar-refractivity contribution in [3.05, 3.63) is 48.2 Å². The van der Waals surface area contributed by atoms with Crippen LogP contribution in [0.2, 0.25) is 0 Å². The fourth-order valence-electron chi connectivity index (χ4n) is 3.40. The number of nitrogens with one attached hydrogen (secondary N) is 1. The van der Waals surface area contributed by atoms with Crippen LogP contribution in [-0.2, 0) is 9.47 Å². The Labute approximate surface area is 187 Å². The van der Waals surface area contributed by atoms with Crippen molar-refractivity contribution in [1.29, 1.82) is 0 Å². The van der Waals surface area contributed by atoms with Crippen molar-refractivity contribution >= 4 is 28.8 Å². The predicted octanol–water partition coefficient (Wildman–Crippen LogP) is 5.36. The molecule has 8 heteroatoms. The average Bonchev–Trinajstić information content (AvgIpc) is 3.22. The van der Waals surface area contributed by atoms with Gasteiger partial charge in [-0.15, -0.1) is 0 Å². The molecule has 1 atom stereocenters. The monoisotopic (exact) mass is 438 g/mol. The van der Waals surface area contributed by atoms with Crippen LogP contribution in [0.1, 0.15) is 56.8 Å². The lowest BCUT2D eigenvalue weighted by molar-refractivity contribution is 0.0527. The number of esters is 1. The van der Waals surface area contributed by atoms with E-state index in [9.17, 15) is 9.59 Å². The molecule has 8 nitrogen and oxygen atoms in total. The molecule has 0 saturated carbocycles. The molecule has 0 aliphatic rings. The molecule has 0 bridgehead atoms. The van der Waals surface area contributed by atoms with Crippen LogP contribution in [0.5, 0.6) is 0 Å². The SMILES string of the molecule is CCCCC(CC)COC(=O)Nc1c(C(=O)OCC)cnn1-c1ccc2ccccc2n1. The van der Waals surface area contributed by atoms with E-state index in [0.29, 0.717) is 18.3 Å². The summed E-state index contributed by atoms with van der Waals surface area (Å²) in [4.78, 5) is 29.6. The molecule has 3 aromatic rings. The summed E-state index contributed by atoms with van der Waals surface area (Å²) in [5.74, 6) is 0.350. The largest absolute Gasteiger partial charge is 0.462 e. The average molecular weight is 439 g/mol. The van der Waals surface area contributed by atoms with Crippen LogP contribution in [0, 0.1) is 5.92 Å². The molecule has 0 spiro atoms. The quantitative estimate of drug-likeness (QED) is 0.428. The van der Waals surface area contributed by atoms with Gasteiger partial charge in [0, 0.05) is 5.39 Å². The highest BCUT2D eigenvalue weighted by atomic mass is 16.5. The van der Waals surface area contributed by atoms with E-state index in [-0.39, 0.29) is 18.0 Å². The maximum Gasteiger partial charge on any atom is 0.412 e. The Balaban J connectivity index is 1.85. The van der Waals surface area contributed by atoms with Crippen molar-refractivity contribution in [2.24, 2.45) is 5.92 Å². The van der Waals surface area contributed by atoms with Gasteiger partial charge < -0.3 is 9.47 Å². The molecule has 1 unspecified atom stereocenters. The molecule has 0 aliphatic carbocycles. The molecule has 0 fully saturated rings. The van der Waals surface area contributed by atoms with Crippen molar-refractivity contribution in [3.8, 4) is 5.82 Å². The molecule has 3 rings (SSSR count). The van der Waals surface area contributed by atoms with Crippen molar-refractivity contribution < 1.29 is 19.1 Å². The summed E-state index contributed by atoms with van der Waals surface area (Å²) in [5.41, 5.74) is 0.908. The Bertz CT molecular complexity index is 1060. The number of para-hydroxylation sites is 1. The van der Waals surface area contributed by atoms with Gasteiger partial charge in [-0.25, -0.2) is 14.6 Å². The van der Waals surface area contributed by atoms with E-state index in [1.807, 2.05) is 30.3 Å². The van der Waals surface area contributed by atoms with Gasteiger partial charge in [-0.2, -0.15) is 9.78 Å². The highest BCUT2D eigenvalue weighted by Gasteiger charge is 2.23. The Morgan fingerprint density at radius 3 is 2.66 bits per heavy atom. The first kappa shape index (κ1) is 23.2. The highest BCUT2D eigenvalue weighted by molar-refractivity contribution is 5.99. The van der Waals surface area contributed by atoms with Crippen molar-refractivity contribution in [1.82, 2.24) is 14.8 Å². The molecule has 0 radical (unpaired) electrons. The van der Waals surface area contributed by atoms with E-state index in [1.165, 1.54) is 10.9 Å². The van der Waals surface area contributed by atoms with Crippen molar-refractivity contribution in [2.45, 2.75) is 46.5 Å². The standard InChI is InChI=1S/C24H30N4O4/c1-4-7-10-17(5-2)16-32-24(30)27-22-19(23(29)31-6-3)15-25-28(22)21-14-13-18-11-8-9-12-20(18)26-21/h8-9,11-15,17H,4-7,10,16H2,1-3H3,(H,27,30). The van der Waals surface area contributed by atoms with Crippen molar-refractivity contribution in [3.63, 3.8) is 0 Å². The van der Waals surface area contributed by atoms with Gasteiger partial charge in [0.25, 0.3) is 0 Å². The summed E-state index contributed by atoms with van der Waals surface area (Å²) in [6.07, 6.45) is 4.85. The Hall–Kier alpha value is -3.42. The summed E-state index contributed by atoms with van der Waals surface area (Å²) >= 11 is 0. The molecule has 32 heavy (non-hydrogen) atoms. The van der Waals surface area contributed by atoms with E-state index < -0.39 is 12.1 Å². The van der Waals surface area contributed by atoms with Gasteiger partial charge >= 0.3 is 12.1 Å². The normalized spacial score (nSPS) is 11.8. The number of ether oxygens (including phenoxy) is 2. The second kappa shape index (κ2) is 11.3. The lowest BCUT2D eigenvalue weighted by atomic mass is 10.0. The first-order valence-electron chi connectivity index (χ1n) is 11.1. The van der Waals surface area contributed by atoms with Crippen LogP contribution in [0.3, 0.4) is 0 Å². The number of hydrogen-bond acceptors (Lipinski definition) is 6. The van der Waals surface area contributed by atoms with Gasteiger partial charge in [-0.1, -0.05) is 51.3 Å². The molecule has 1 amide bonds. The number of carbonyl (C=O) groups is 2. The van der Waals surface area contributed by atoms with Crippen LogP contribution >= 0.6 is 0 Å². The van der Waals surface area contributed by atoms with Crippen LogP contribution in [0.4, 0.5) is 10.6 Å². The molecule has 2 aromatic heterocycles. The van der Waals surface area contributed by atoms with E-state index in [1.54, 1.807) is 13.0 Å². The third-order valence-electron chi connectivity index (χ3n) is 5.28. The number of carbonyl (C=O) groups excluding carboxylic acids is 2. The minimum atomic E-state index is -0.645. The number of benzene rings is 1. The number of rotatable bonds is 10. The lowest BCUT2D eigenvalue weighted by Crippen LogP contribution is -2.22. The van der Waals surface area contributed by atoms with Gasteiger partial charge in [0.05, 0.1) is 24.9 Å². The Morgan fingerprint density at radius 1 is 1.09 bits per heavy atom. The maximum atomic E-state index is 12.6. The second-order valence-electron chi connectivity index (χ2n) is 7.54. The van der Waals surface area contributed by atoms with Gasteiger partial charge in [-0.3, -0.25) is 5.32 Å². The topological polar surface area (TPSA) is 95.3 Å². The number of fused-ring (bicyclic) bond motifs is 1. The van der Waals surface area contributed by atoms with Crippen LogP contribution in [0.25, 0.3) is 16.7 Å². The predicted molar refractivity (Wildman–Crippen MR) is 123 cm³/mol. The third-order valence-corrected chi connectivity index (χ3v) is 5.28. The summed E-state index contributed by atoms with van der Waals surface area (Å²) in [6.45, 7) is 6.47. The van der Waals surface area contributed by atoms with Gasteiger partial charge in [0.15, 0.2) is 11.6 Å². The maximum absolute atomic E-state index is 12.6. The molecule has 2 heterocycles. The number of pyridine rings is 1. The molecule has 1 aromatic carbocycles. The molecular weight excluding hydrogens is 408 g/mol. The molecule has 0 aliphatic heterocycles. The number of unbranched alkanes of at least 4 members (excludes halogenated alkanes) is 1. The molecular formula is C24H30N4O4. The Kier molecular flexibility index (Phi) is 8.19. The summed E-state index contributed by atoms with van der Waals surface area (Å²) in [5, 5.41) is 7.94. The zero-order chi connectivity index (χ0) is 22.9. The summed E-state index contributed by atoms with van der Waals surface area (Å²) < 4.78 is 12.0. The fourth-order valence-corrected chi connectivity index (χ4v) is 3.40. The number of hydrogen-bond donors (Lipinski definition) is 1. The molecule has 1 N–H and O–H groups in total. The second-order valence-corrected chi connectivity index (χ2v) is 7.54. The minimum absolute atomic E-state index is 0.136. The van der Waals surface area contributed by atoms with E-state index in [0.717, 1.165) is 36.6 Å². The number of anilines is 1. The number of amides is 1. The molecule has 170 valence electrons. The zero-order valence-electron chi connectivity index (χ0n) is 18.8. The molecule has 0 saturated heterocycles. The van der Waals surface area contributed by atoms with Crippen LogP contribution in [0.15, 0.2) is 42.6 Å². The lowest BCUT2D eigenvalue weighted by Gasteiger charge is -2.16. The van der Waals surface area contributed by atoms with E-state index >= 15 is 0 Å². The zero-order valence-corrected chi connectivity index (χ0v) is 18.8. The fraction of sp³-hybridized carbons (Fsp3) is 0.417. The van der Waals surface area contributed by atoms with Gasteiger partial charge in [0.2, 0.25) is 0 Å². The Morgan fingerprint density at radius 2 is 1.91 bits per heavy atom. The highest BCUT2D eigenvalue weighted by Crippen LogP contribution is 2.23. The first-order chi connectivity index (χ1) is 15.6. The van der Waals surface area contributed by atoms with Crippen LogP contribution in [-0.4, -0.2) is 40.0 Å². The smallest absolute Gasteiger partial charge is 0.412 e. The van der Waals surface area contributed by atoms with Gasteiger partial charge in [0.1, 0.15) is 5.56 Å². The van der Waals surface area contributed by atoms with Crippen LogP contribution < -0.4 is 5.32 Å². The summed E-state index contributed by atoms with van der Waals surface area (Å²) in [6, 6.07) is 11.4. The number of nitrogens with zero attached hydrogens (tertiary/aromatic N) is 3.